The molecule has 0 saturated heterocycles. The van der Waals surface area contributed by atoms with Crippen LogP contribution in [0.4, 0.5) is 8.78 Å². The van der Waals surface area contributed by atoms with Crippen LogP contribution in [0.2, 0.25) is 0 Å². The Balaban J connectivity index is 2.25. The van der Waals surface area contributed by atoms with Crippen LogP contribution in [0.3, 0.4) is 0 Å². The quantitative estimate of drug-likeness (QED) is 0.849. The van der Waals surface area contributed by atoms with Crippen molar-refractivity contribution >= 4 is 0 Å². The molecule has 0 amide bonds. The largest absolute Gasteiger partial charge is 0.314 e. The van der Waals surface area contributed by atoms with Crippen molar-refractivity contribution < 1.29 is 8.78 Å². The molecule has 1 aromatic rings. The smallest absolute Gasteiger partial charge is 0.126 e. The zero-order valence-electron chi connectivity index (χ0n) is 10.2. The topological polar surface area (TPSA) is 12.0 Å². The molecule has 1 aliphatic carbocycles. The van der Waals surface area contributed by atoms with Crippen molar-refractivity contribution in [2.45, 2.75) is 44.6 Å². The summed E-state index contributed by atoms with van der Waals surface area (Å²) in [5.41, 5.74) is 0.538. The molecule has 1 nitrogen and oxygen atoms in total. The molecule has 1 fully saturated rings. The van der Waals surface area contributed by atoms with E-state index in [0.717, 1.165) is 25.8 Å². The summed E-state index contributed by atoms with van der Waals surface area (Å²) in [6.45, 7) is 2.92. The van der Waals surface area contributed by atoms with E-state index in [-0.39, 0.29) is 23.6 Å². The maximum Gasteiger partial charge on any atom is 0.126 e. The standard InChI is InChI=1S/C14H19F2N/c1-2-17-14-6-4-3-5-11(14)12-9-10(15)7-8-13(12)16/h7-9,11,14,17H,2-6H2,1H3. The molecule has 2 rings (SSSR count). The zero-order chi connectivity index (χ0) is 12.3. The van der Waals surface area contributed by atoms with Crippen LogP contribution in [0.25, 0.3) is 0 Å². The Kier molecular flexibility index (Phi) is 4.11. The molecule has 2 unspecified atom stereocenters. The average molecular weight is 239 g/mol. The number of rotatable bonds is 3. The highest BCUT2D eigenvalue weighted by Gasteiger charge is 2.27. The predicted octanol–water partition coefficient (Wildman–Crippen LogP) is 3.60. The second-order valence-corrected chi connectivity index (χ2v) is 4.72. The Morgan fingerprint density at radius 3 is 2.76 bits per heavy atom. The van der Waals surface area contributed by atoms with E-state index in [1.165, 1.54) is 24.6 Å². The first-order valence-corrected chi connectivity index (χ1v) is 6.40. The summed E-state index contributed by atoms with van der Waals surface area (Å²) >= 11 is 0. The summed E-state index contributed by atoms with van der Waals surface area (Å²) in [6, 6.07) is 4.06. The Bertz CT molecular complexity index is 376. The van der Waals surface area contributed by atoms with Crippen LogP contribution in [0.1, 0.15) is 44.1 Å². The van der Waals surface area contributed by atoms with Crippen LogP contribution in [0, 0.1) is 11.6 Å². The summed E-state index contributed by atoms with van der Waals surface area (Å²) < 4.78 is 27.0. The third-order valence-electron chi connectivity index (χ3n) is 3.59. The third kappa shape index (κ3) is 2.83. The maximum absolute atomic E-state index is 13.8. The monoisotopic (exact) mass is 239 g/mol. The molecule has 0 heterocycles. The van der Waals surface area contributed by atoms with Gasteiger partial charge in [0.05, 0.1) is 0 Å². The van der Waals surface area contributed by atoms with Crippen molar-refractivity contribution in [2.75, 3.05) is 6.54 Å². The molecule has 1 N–H and O–H groups in total. The van der Waals surface area contributed by atoms with E-state index in [0.29, 0.717) is 5.56 Å². The van der Waals surface area contributed by atoms with Gasteiger partial charge in [-0.15, -0.1) is 0 Å². The Labute approximate surface area is 101 Å². The van der Waals surface area contributed by atoms with Gasteiger partial charge in [0.25, 0.3) is 0 Å². The number of hydrogen-bond acceptors (Lipinski definition) is 1. The SMILES string of the molecule is CCNC1CCCCC1c1cc(F)ccc1F. The van der Waals surface area contributed by atoms with E-state index in [2.05, 4.69) is 5.32 Å². The van der Waals surface area contributed by atoms with Crippen LogP contribution in [-0.4, -0.2) is 12.6 Å². The Hall–Kier alpha value is -0.960. The predicted molar refractivity (Wildman–Crippen MR) is 65.0 cm³/mol. The van der Waals surface area contributed by atoms with Gasteiger partial charge in [0.2, 0.25) is 0 Å². The lowest BCUT2D eigenvalue weighted by atomic mass is 9.79. The van der Waals surface area contributed by atoms with Gasteiger partial charge in [-0.05, 0) is 43.1 Å². The van der Waals surface area contributed by atoms with Crippen molar-refractivity contribution in [1.29, 1.82) is 0 Å². The molecule has 94 valence electrons. The van der Waals surface area contributed by atoms with Crippen molar-refractivity contribution in [2.24, 2.45) is 0 Å². The minimum Gasteiger partial charge on any atom is -0.314 e. The van der Waals surface area contributed by atoms with E-state index in [1.54, 1.807) is 0 Å². The van der Waals surface area contributed by atoms with Crippen LogP contribution in [0.5, 0.6) is 0 Å². The van der Waals surface area contributed by atoms with Gasteiger partial charge in [-0.25, -0.2) is 8.78 Å². The highest BCUT2D eigenvalue weighted by Crippen LogP contribution is 2.34. The summed E-state index contributed by atoms with van der Waals surface area (Å²) in [6.07, 6.45) is 4.26. The highest BCUT2D eigenvalue weighted by atomic mass is 19.1. The number of nitrogens with one attached hydrogen (secondary N) is 1. The van der Waals surface area contributed by atoms with Gasteiger partial charge in [0.1, 0.15) is 11.6 Å². The molecule has 0 spiro atoms. The first-order chi connectivity index (χ1) is 8.22. The normalized spacial score (nSPS) is 24.9. The molecular formula is C14H19F2N. The van der Waals surface area contributed by atoms with Crippen molar-refractivity contribution in [3.63, 3.8) is 0 Å². The summed E-state index contributed by atoms with van der Waals surface area (Å²) in [5, 5.41) is 3.39. The molecule has 1 aromatic carbocycles. The minimum atomic E-state index is -0.345. The van der Waals surface area contributed by atoms with Crippen LogP contribution < -0.4 is 5.32 Å². The van der Waals surface area contributed by atoms with Crippen LogP contribution in [-0.2, 0) is 0 Å². The van der Waals surface area contributed by atoms with Crippen molar-refractivity contribution in [3.05, 3.63) is 35.4 Å². The molecule has 1 aliphatic rings. The minimum absolute atomic E-state index is 0.111. The van der Waals surface area contributed by atoms with Crippen molar-refractivity contribution in [1.82, 2.24) is 5.32 Å². The van der Waals surface area contributed by atoms with Gasteiger partial charge < -0.3 is 5.32 Å². The number of benzene rings is 1. The molecule has 2 atom stereocenters. The lowest BCUT2D eigenvalue weighted by molar-refractivity contribution is 0.325. The van der Waals surface area contributed by atoms with Gasteiger partial charge in [-0.2, -0.15) is 0 Å². The van der Waals surface area contributed by atoms with Gasteiger partial charge in [-0.3, -0.25) is 0 Å². The first kappa shape index (κ1) is 12.5. The zero-order valence-corrected chi connectivity index (χ0v) is 10.2. The summed E-state index contributed by atoms with van der Waals surface area (Å²) in [4.78, 5) is 0. The van der Waals surface area contributed by atoms with E-state index >= 15 is 0 Å². The van der Waals surface area contributed by atoms with Gasteiger partial charge in [0, 0.05) is 12.0 Å². The molecule has 0 aromatic heterocycles. The van der Waals surface area contributed by atoms with Crippen LogP contribution in [0.15, 0.2) is 18.2 Å². The lowest BCUT2D eigenvalue weighted by Gasteiger charge is -2.32. The molecule has 1 saturated carbocycles. The number of hydrogen-bond donors (Lipinski definition) is 1. The van der Waals surface area contributed by atoms with Gasteiger partial charge in [-0.1, -0.05) is 19.8 Å². The number of halogens is 2. The van der Waals surface area contributed by atoms with Gasteiger partial charge in [0.15, 0.2) is 0 Å². The second-order valence-electron chi connectivity index (χ2n) is 4.72. The molecule has 3 heteroatoms. The molecular weight excluding hydrogens is 220 g/mol. The highest BCUT2D eigenvalue weighted by molar-refractivity contribution is 5.25. The van der Waals surface area contributed by atoms with E-state index in [4.69, 9.17) is 0 Å². The molecule has 17 heavy (non-hydrogen) atoms. The Morgan fingerprint density at radius 2 is 2.00 bits per heavy atom. The fourth-order valence-electron chi connectivity index (χ4n) is 2.81. The van der Waals surface area contributed by atoms with Crippen molar-refractivity contribution in [3.8, 4) is 0 Å². The lowest BCUT2D eigenvalue weighted by Crippen LogP contribution is -2.37. The van der Waals surface area contributed by atoms with E-state index < -0.39 is 0 Å². The third-order valence-corrected chi connectivity index (χ3v) is 3.59. The van der Waals surface area contributed by atoms with E-state index in [1.807, 2.05) is 6.92 Å². The van der Waals surface area contributed by atoms with E-state index in [9.17, 15) is 8.78 Å². The van der Waals surface area contributed by atoms with Gasteiger partial charge >= 0.3 is 0 Å². The molecule has 0 radical (unpaired) electrons. The molecule has 0 aliphatic heterocycles. The second kappa shape index (κ2) is 5.58. The summed E-state index contributed by atoms with van der Waals surface area (Å²) in [5.74, 6) is -0.511. The van der Waals surface area contributed by atoms with Crippen LogP contribution >= 0.6 is 0 Å². The fourth-order valence-corrected chi connectivity index (χ4v) is 2.81. The fraction of sp³-hybridized carbons (Fsp3) is 0.571. The first-order valence-electron chi connectivity index (χ1n) is 6.40. The summed E-state index contributed by atoms with van der Waals surface area (Å²) in [7, 11) is 0. The number of likely N-dealkylation sites (N-methyl/N-ethyl adjacent to an activating group) is 1. The Morgan fingerprint density at radius 1 is 1.24 bits per heavy atom. The average Bonchev–Trinajstić information content (AvgIpc) is 2.34. The molecule has 0 bridgehead atoms. The maximum atomic E-state index is 13.8.